The maximum Gasteiger partial charge on any atom is 0.118 e. The minimum atomic E-state index is 0. The van der Waals surface area contributed by atoms with Crippen molar-refractivity contribution in [1.29, 1.82) is 0 Å². The van der Waals surface area contributed by atoms with Crippen molar-refractivity contribution in [1.82, 2.24) is 5.43 Å². The fourth-order valence-electron chi connectivity index (χ4n) is 0.861. The number of ether oxygens (including phenoxy) is 1. The third kappa shape index (κ3) is 4.95. The molecule has 0 spiro atoms. The summed E-state index contributed by atoms with van der Waals surface area (Å²) in [5.41, 5.74) is 3.73. The number of halogens is 2. The molecule has 0 aliphatic rings. The van der Waals surface area contributed by atoms with Crippen molar-refractivity contribution in [2.75, 3.05) is 7.11 Å². The van der Waals surface area contributed by atoms with Gasteiger partial charge in [0, 0.05) is 6.54 Å². The van der Waals surface area contributed by atoms with E-state index < -0.39 is 0 Å². The molecule has 0 aliphatic heterocycles. The van der Waals surface area contributed by atoms with E-state index in [-0.39, 0.29) is 24.8 Å². The first-order chi connectivity index (χ1) is 5.36. The molecule has 1 rings (SSSR count). The minimum absolute atomic E-state index is 0. The van der Waals surface area contributed by atoms with Crippen LogP contribution in [-0.2, 0) is 6.54 Å². The van der Waals surface area contributed by atoms with Crippen LogP contribution in [0.5, 0.6) is 5.75 Å². The van der Waals surface area contributed by atoms with Gasteiger partial charge in [-0.15, -0.1) is 24.8 Å². The topological polar surface area (TPSA) is 47.3 Å². The molecule has 0 aliphatic carbocycles. The summed E-state index contributed by atoms with van der Waals surface area (Å²) in [5, 5.41) is 0. The number of hydrogen-bond donors (Lipinski definition) is 2. The van der Waals surface area contributed by atoms with Crippen LogP contribution in [0.3, 0.4) is 0 Å². The summed E-state index contributed by atoms with van der Waals surface area (Å²) in [4.78, 5) is 0. The van der Waals surface area contributed by atoms with Crippen molar-refractivity contribution in [2.24, 2.45) is 5.84 Å². The van der Waals surface area contributed by atoms with Crippen LogP contribution in [0.4, 0.5) is 0 Å². The molecule has 0 aromatic heterocycles. The van der Waals surface area contributed by atoms with Crippen LogP contribution in [-0.4, -0.2) is 7.11 Å². The number of benzene rings is 1. The first-order valence-corrected chi connectivity index (χ1v) is 3.43. The second-order valence-electron chi connectivity index (χ2n) is 2.23. The van der Waals surface area contributed by atoms with Gasteiger partial charge in [0.2, 0.25) is 0 Å². The molecule has 0 bridgehead atoms. The second-order valence-corrected chi connectivity index (χ2v) is 2.23. The molecule has 0 heterocycles. The smallest absolute Gasteiger partial charge is 0.118 e. The van der Waals surface area contributed by atoms with Gasteiger partial charge in [0.1, 0.15) is 5.75 Å². The molecule has 0 amide bonds. The standard InChI is InChI=1S/C8H12N2O.2ClH/c1-11-8-4-2-7(3-5-8)6-10-9;;/h2-5,10H,6,9H2,1H3;2*1H. The summed E-state index contributed by atoms with van der Waals surface area (Å²) >= 11 is 0. The predicted molar refractivity (Wildman–Crippen MR) is 58.5 cm³/mol. The number of methoxy groups -OCH3 is 1. The van der Waals surface area contributed by atoms with Gasteiger partial charge >= 0.3 is 0 Å². The van der Waals surface area contributed by atoms with Crippen molar-refractivity contribution in [2.45, 2.75) is 6.54 Å². The van der Waals surface area contributed by atoms with Crippen molar-refractivity contribution in [3.63, 3.8) is 0 Å². The fourth-order valence-corrected chi connectivity index (χ4v) is 0.861. The van der Waals surface area contributed by atoms with Gasteiger partial charge in [-0.05, 0) is 17.7 Å². The zero-order valence-corrected chi connectivity index (χ0v) is 8.95. The van der Waals surface area contributed by atoms with E-state index in [4.69, 9.17) is 10.6 Å². The molecule has 0 saturated heterocycles. The van der Waals surface area contributed by atoms with E-state index in [1.165, 1.54) is 0 Å². The highest BCUT2D eigenvalue weighted by Gasteiger charge is 1.91. The van der Waals surface area contributed by atoms with Crippen LogP contribution in [0.1, 0.15) is 5.56 Å². The van der Waals surface area contributed by atoms with Crippen LogP contribution in [0, 0.1) is 0 Å². The molecule has 0 radical (unpaired) electrons. The van der Waals surface area contributed by atoms with E-state index in [1.54, 1.807) is 7.11 Å². The lowest BCUT2D eigenvalue weighted by atomic mass is 10.2. The van der Waals surface area contributed by atoms with Gasteiger partial charge < -0.3 is 4.74 Å². The van der Waals surface area contributed by atoms with Crippen molar-refractivity contribution < 1.29 is 4.74 Å². The molecule has 1 aromatic rings. The summed E-state index contributed by atoms with van der Waals surface area (Å²) in [6, 6.07) is 7.76. The maximum absolute atomic E-state index is 5.15. The van der Waals surface area contributed by atoms with Crippen LogP contribution in [0.25, 0.3) is 0 Å². The van der Waals surface area contributed by atoms with E-state index in [9.17, 15) is 0 Å². The molecule has 0 fully saturated rings. The normalized spacial score (nSPS) is 8.15. The third-order valence-electron chi connectivity index (χ3n) is 1.47. The first-order valence-electron chi connectivity index (χ1n) is 3.43. The van der Waals surface area contributed by atoms with Gasteiger partial charge in [0.25, 0.3) is 0 Å². The molecule has 13 heavy (non-hydrogen) atoms. The summed E-state index contributed by atoms with van der Waals surface area (Å²) in [6.45, 7) is 0.685. The van der Waals surface area contributed by atoms with Gasteiger partial charge in [-0.1, -0.05) is 12.1 Å². The molecular weight excluding hydrogens is 211 g/mol. The molecule has 5 heteroatoms. The Hall–Kier alpha value is -0.480. The van der Waals surface area contributed by atoms with Crippen molar-refractivity contribution in [3.05, 3.63) is 29.8 Å². The summed E-state index contributed by atoms with van der Waals surface area (Å²) < 4.78 is 5.00. The quantitative estimate of drug-likeness (QED) is 0.605. The van der Waals surface area contributed by atoms with Gasteiger partial charge in [-0.2, -0.15) is 0 Å². The first kappa shape index (κ1) is 15.0. The molecule has 3 N–H and O–H groups in total. The lowest BCUT2D eigenvalue weighted by Gasteiger charge is -2.01. The molecule has 76 valence electrons. The molecule has 0 saturated carbocycles. The SMILES string of the molecule is COc1ccc(CNN)cc1.Cl.Cl. The largest absolute Gasteiger partial charge is 0.497 e. The Bertz CT molecular complexity index is 216. The van der Waals surface area contributed by atoms with Gasteiger partial charge in [-0.3, -0.25) is 11.3 Å². The average Bonchev–Trinajstić information content (AvgIpc) is 2.07. The molecule has 0 unspecified atom stereocenters. The fraction of sp³-hybridized carbons (Fsp3) is 0.250. The average molecular weight is 225 g/mol. The lowest BCUT2D eigenvalue weighted by Crippen LogP contribution is -2.20. The molecule has 1 aromatic carbocycles. The highest BCUT2D eigenvalue weighted by atomic mass is 35.5. The van der Waals surface area contributed by atoms with E-state index in [0.717, 1.165) is 11.3 Å². The lowest BCUT2D eigenvalue weighted by molar-refractivity contribution is 0.414. The number of hydrogen-bond acceptors (Lipinski definition) is 3. The Morgan fingerprint density at radius 1 is 1.23 bits per heavy atom. The Labute approximate surface area is 90.4 Å². The zero-order valence-electron chi connectivity index (χ0n) is 7.32. The van der Waals surface area contributed by atoms with Gasteiger partial charge in [0.05, 0.1) is 7.11 Å². The monoisotopic (exact) mass is 224 g/mol. The Balaban J connectivity index is 0. The second kappa shape index (κ2) is 8.13. The number of nitrogens with one attached hydrogen (secondary N) is 1. The summed E-state index contributed by atoms with van der Waals surface area (Å²) in [5.74, 6) is 6.02. The van der Waals surface area contributed by atoms with Crippen molar-refractivity contribution >= 4 is 24.8 Å². The summed E-state index contributed by atoms with van der Waals surface area (Å²) in [7, 11) is 1.65. The number of rotatable bonds is 3. The Kier molecular flexibility index (Phi) is 9.39. The van der Waals surface area contributed by atoms with Crippen LogP contribution >= 0.6 is 24.8 Å². The van der Waals surface area contributed by atoms with Crippen LogP contribution < -0.4 is 16.0 Å². The van der Waals surface area contributed by atoms with E-state index >= 15 is 0 Å². The Morgan fingerprint density at radius 2 is 1.77 bits per heavy atom. The Morgan fingerprint density at radius 3 is 2.15 bits per heavy atom. The van der Waals surface area contributed by atoms with Crippen LogP contribution in [0.15, 0.2) is 24.3 Å². The summed E-state index contributed by atoms with van der Waals surface area (Å²) in [6.07, 6.45) is 0. The molecule has 0 atom stereocenters. The third-order valence-corrected chi connectivity index (χ3v) is 1.47. The van der Waals surface area contributed by atoms with Crippen LogP contribution in [0.2, 0.25) is 0 Å². The number of nitrogens with two attached hydrogens (primary N) is 1. The van der Waals surface area contributed by atoms with Gasteiger partial charge in [-0.25, -0.2) is 0 Å². The molecule has 3 nitrogen and oxygen atoms in total. The predicted octanol–water partition coefficient (Wildman–Crippen LogP) is 1.50. The van der Waals surface area contributed by atoms with E-state index in [1.807, 2.05) is 24.3 Å². The van der Waals surface area contributed by atoms with Crippen molar-refractivity contribution in [3.8, 4) is 5.75 Å². The highest BCUT2D eigenvalue weighted by Crippen LogP contribution is 2.10. The number of hydrazine groups is 1. The highest BCUT2D eigenvalue weighted by molar-refractivity contribution is 5.85. The zero-order chi connectivity index (χ0) is 8.10. The molecular formula is C8H14Cl2N2O. The minimum Gasteiger partial charge on any atom is -0.497 e. The maximum atomic E-state index is 5.15. The van der Waals surface area contributed by atoms with E-state index in [0.29, 0.717) is 6.54 Å². The van der Waals surface area contributed by atoms with E-state index in [2.05, 4.69) is 5.43 Å². The van der Waals surface area contributed by atoms with Gasteiger partial charge in [0.15, 0.2) is 0 Å².